The molecular weight excluding hydrogens is 312 g/mol. The maximum absolute atomic E-state index is 4.40. The molecule has 1 unspecified atom stereocenters. The Labute approximate surface area is 149 Å². The maximum atomic E-state index is 4.40. The van der Waals surface area contributed by atoms with Gasteiger partial charge in [0, 0.05) is 32.9 Å². The summed E-state index contributed by atoms with van der Waals surface area (Å²) in [6, 6.07) is 9.28. The minimum absolute atomic E-state index is 0.359. The van der Waals surface area contributed by atoms with Gasteiger partial charge in [0.2, 0.25) is 0 Å². The molecule has 134 valence electrons. The third kappa shape index (κ3) is 3.40. The van der Waals surface area contributed by atoms with E-state index in [0.29, 0.717) is 12.0 Å². The molecule has 0 spiro atoms. The summed E-state index contributed by atoms with van der Waals surface area (Å²) in [6.07, 6.45) is 6.66. The molecular formula is C19H28N6. The molecule has 1 aromatic heterocycles. The summed E-state index contributed by atoms with van der Waals surface area (Å²) >= 11 is 0. The highest BCUT2D eigenvalue weighted by atomic mass is 15.6. The van der Waals surface area contributed by atoms with Gasteiger partial charge in [-0.3, -0.25) is 4.90 Å². The number of fused-ring (bicyclic) bond motifs is 1. The lowest BCUT2D eigenvalue weighted by Gasteiger charge is -2.40. The lowest BCUT2D eigenvalue weighted by atomic mass is 9.82. The van der Waals surface area contributed by atoms with E-state index < -0.39 is 0 Å². The second-order valence-electron chi connectivity index (χ2n) is 7.63. The van der Waals surface area contributed by atoms with Crippen molar-refractivity contribution in [2.75, 3.05) is 25.5 Å². The van der Waals surface area contributed by atoms with Gasteiger partial charge in [-0.15, -0.1) is 5.10 Å². The van der Waals surface area contributed by atoms with E-state index in [-0.39, 0.29) is 0 Å². The fourth-order valence-corrected chi connectivity index (χ4v) is 4.38. The zero-order valence-electron chi connectivity index (χ0n) is 15.3. The number of tetrazole rings is 1. The standard InChI is InChI=1S/C19H28N6/c1-23(2)17-10-8-15(9-11-17)14-24-12-13-25-19(20-21-22-25)18(24)16-6-4-3-5-7-16/h8-11,16,18H,3-7,12-14H2,1-2H3. The van der Waals surface area contributed by atoms with Crippen molar-refractivity contribution in [1.82, 2.24) is 25.1 Å². The molecule has 0 bridgehead atoms. The molecule has 0 radical (unpaired) electrons. The van der Waals surface area contributed by atoms with Gasteiger partial charge in [0.05, 0.1) is 12.6 Å². The smallest absolute Gasteiger partial charge is 0.168 e. The Morgan fingerprint density at radius 2 is 1.80 bits per heavy atom. The van der Waals surface area contributed by atoms with E-state index >= 15 is 0 Å². The topological polar surface area (TPSA) is 50.1 Å². The van der Waals surface area contributed by atoms with E-state index in [1.54, 1.807) is 0 Å². The van der Waals surface area contributed by atoms with Crippen LogP contribution in [0.1, 0.15) is 49.5 Å². The fourth-order valence-electron chi connectivity index (χ4n) is 4.38. The lowest BCUT2D eigenvalue weighted by molar-refractivity contribution is 0.0731. The zero-order chi connectivity index (χ0) is 17.2. The number of nitrogens with zero attached hydrogens (tertiary/aromatic N) is 6. The van der Waals surface area contributed by atoms with E-state index in [1.807, 2.05) is 4.68 Å². The molecule has 1 fully saturated rings. The molecule has 2 aliphatic rings. The maximum Gasteiger partial charge on any atom is 0.168 e. The summed E-state index contributed by atoms with van der Waals surface area (Å²) < 4.78 is 2.02. The molecule has 2 heterocycles. The first-order valence-electron chi connectivity index (χ1n) is 9.49. The number of benzene rings is 1. The summed E-state index contributed by atoms with van der Waals surface area (Å²) in [5.74, 6) is 1.75. The van der Waals surface area contributed by atoms with Crippen molar-refractivity contribution in [2.24, 2.45) is 5.92 Å². The molecule has 1 saturated carbocycles. The van der Waals surface area contributed by atoms with Crippen LogP contribution in [0.2, 0.25) is 0 Å². The normalized spacial score (nSPS) is 21.9. The minimum atomic E-state index is 0.359. The van der Waals surface area contributed by atoms with Crippen LogP contribution in [0.3, 0.4) is 0 Å². The van der Waals surface area contributed by atoms with Crippen molar-refractivity contribution < 1.29 is 0 Å². The SMILES string of the molecule is CN(C)c1ccc(CN2CCn3nnnc3C2C2CCCCC2)cc1. The average molecular weight is 340 g/mol. The highest BCUT2D eigenvalue weighted by Crippen LogP contribution is 2.39. The molecule has 0 amide bonds. The van der Waals surface area contributed by atoms with Crippen LogP contribution in [0.15, 0.2) is 24.3 Å². The van der Waals surface area contributed by atoms with Gasteiger partial charge in [0.15, 0.2) is 5.82 Å². The molecule has 6 heteroatoms. The number of hydrogen-bond donors (Lipinski definition) is 0. The van der Waals surface area contributed by atoms with Crippen molar-refractivity contribution in [2.45, 2.75) is 51.2 Å². The van der Waals surface area contributed by atoms with Gasteiger partial charge in [-0.1, -0.05) is 31.4 Å². The quantitative estimate of drug-likeness (QED) is 0.856. The minimum Gasteiger partial charge on any atom is -0.378 e. The molecule has 1 aliphatic heterocycles. The zero-order valence-corrected chi connectivity index (χ0v) is 15.3. The monoisotopic (exact) mass is 340 g/mol. The van der Waals surface area contributed by atoms with Crippen molar-refractivity contribution in [3.8, 4) is 0 Å². The van der Waals surface area contributed by atoms with Crippen molar-refractivity contribution in [3.63, 3.8) is 0 Å². The Bertz CT molecular complexity index is 686. The van der Waals surface area contributed by atoms with Crippen molar-refractivity contribution in [1.29, 1.82) is 0 Å². The molecule has 4 rings (SSSR count). The largest absolute Gasteiger partial charge is 0.378 e. The fraction of sp³-hybridized carbons (Fsp3) is 0.632. The third-order valence-electron chi connectivity index (χ3n) is 5.75. The molecule has 1 aliphatic carbocycles. The highest BCUT2D eigenvalue weighted by molar-refractivity contribution is 5.46. The average Bonchev–Trinajstić information content (AvgIpc) is 3.11. The van der Waals surface area contributed by atoms with Crippen LogP contribution >= 0.6 is 0 Å². The Morgan fingerprint density at radius 3 is 2.52 bits per heavy atom. The molecule has 0 saturated heterocycles. The van der Waals surface area contributed by atoms with Crippen LogP contribution in [0.25, 0.3) is 0 Å². The number of rotatable bonds is 4. The molecule has 0 N–H and O–H groups in total. The summed E-state index contributed by atoms with van der Waals surface area (Å²) in [6.45, 7) is 2.89. The molecule has 1 atom stereocenters. The Morgan fingerprint density at radius 1 is 1.04 bits per heavy atom. The van der Waals surface area contributed by atoms with Gasteiger partial charge < -0.3 is 4.90 Å². The van der Waals surface area contributed by atoms with E-state index in [0.717, 1.165) is 25.5 Å². The van der Waals surface area contributed by atoms with Crippen molar-refractivity contribution in [3.05, 3.63) is 35.7 Å². The molecule has 6 nitrogen and oxygen atoms in total. The summed E-state index contributed by atoms with van der Waals surface area (Å²) in [7, 11) is 4.16. The van der Waals surface area contributed by atoms with E-state index in [9.17, 15) is 0 Å². The van der Waals surface area contributed by atoms with Gasteiger partial charge >= 0.3 is 0 Å². The first-order chi connectivity index (χ1) is 12.2. The summed E-state index contributed by atoms with van der Waals surface area (Å²) in [4.78, 5) is 4.75. The second kappa shape index (κ2) is 7.12. The summed E-state index contributed by atoms with van der Waals surface area (Å²) in [5, 5.41) is 12.5. The van der Waals surface area contributed by atoms with Gasteiger partial charge in [-0.25, -0.2) is 4.68 Å². The van der Waals surface area contributed by atoms with Crippen LogP contribution in [0.4, 0.5) is 5.69 Å². The molecule has 1 aromatic carbocycles. The predicted octanol–water partition coefficient (Wildman–Crippen LogP) is 2.88. The van der Waals surface area contributed by atoms with E-state index in [2.05, 4.69) is 63.7 Å². The molecule has 25 heavy (non-hydrogen) atoms. The third-order valence-corrected chi connectivity index (χ3v) is 5.75. The van der Waals surface area contributed by atoms with Crippen LogP contribution in [-0.2, 0) is 13.1 Å². The first kappa shape index (κ1) is 16.5. The van der Waals surface area contributed by atoms with Gasteiger partial charge in [0.25, 0.3) is 0 Å². The van der Waals surface area contributed by atoms with E-state index in [1.165, 1.54) is 43.4 Å². The van der Waals surface area contributed by atoms with Gasteiger partial charge in [-0.2, -0.15) is 0 Å². The van der Waals surface area contributed by atoms with Crippen LogP contribution in [-0.4, -0.2) is 45.7 Å². The lowest BCUT2D eigenvalue weighted by Crippen LogP contribution is -2.42. The Kier molecular flexibility index (Phi) is 4.70. The number of aromatic nitrogens is 4. The first-order valence-corrected chi connectivity index (χ1v) is 9.49. The van der Waals surface area contributed by atoms with Crippen LogP contribution in [0.5, 0.6) is 0 Å². The Hall–Kier alpha value is -1.95. The Balaban J connectivity index is 1.56. The van der Waals surface area contributed by atoms with Crippen molar-refractivity contribution >= 4 is 5.69 Å². The van der Waals surface area contributed by atoms with E-state index in [4.69, 9.17) is 0 Å². The highest BCUT2D eigenvalue weighted by Gasteiger charge is 2.36. The number of hydrogen-bond acceptors (Lipinski definition) is 5. The summed E-state index contributed by atoms with van der Waals surface area (Å²) in [5.41, 5.74) is 2.61. The van der Waals surface area contributed by atoms with Crippen LogP contribution in [0, 0.1) is 5.92 Å². The van der Waals surface area contributed by atoms with Crippen LogP contribution < -0.4 is 4.90 Å². The number of anilines is 1. The predicted molar refractivity (Wildman–Crippen MR) is 98.3 cm³/mol. The second-order valence-corrected chi connectivity index (χ2v) is 7.63. The van der Waals surface area contributed by atoms with Gasteiger partial charge in [0.1, 0.15) is 0 Å². The molecule has 2 aromatic rings. The van der Waals surface area contributed by atoms with Gasteiger partial charge in [-0.05, 0) is 46.9 Å².